The molecule has 0 atom stereocenters. The number of hydrogen-bond acceptors (Lipinski definition) is 5. The Labute approximate surface area is 124 Å². The van der Waals surface area contributed by atoms with Crippen LogP contribution in [0.3, 0.4) is 0 Å². The summed E-state index contributed by atoms with van der Waals surface area (Å²) in [4.78, 5) is 9.12. The van der Waals surface area contributed by atoms with Gasteiger partial charge in [0.2, 0.25) is 0 Å². The van der Waals surface area contributed by atoms with Gasteiger partial charge in [-0.1, -0.05) is 12.1 Å². The summed E-state index contributed by atoms with van der Waals surface area (Å²) in [5, 5.41) is 6.46. The largest absolute Gasteiger partial charge is 0.497 e. The fourth-order valence-corrected chi connectivity index (χ4v) is 2.14. The molecule has 1 fully saturated rings. The van der Waals surface area contributed by atoms with Crippen LogP contribution in [0, 0.1) is 0 Å². The minimum Gasteiger partial charge on any atom is -0.497 e. The molecule has 1 aliphatic carbocycles. The first-order chi connectivity index (χ1) is 10.3. The van der Waals surface area contributed by atoms with Crippen molar-refractivity contribution in [3.8, 4) is 5.75 Å². The third-order valence-electron chi connectivity index (χ3n) is 3.57. The predicted molar refractivity (Wildman–Crippen MR) is 83.9 cm³/mol. The number of benzene rings is 1. The van der Waals surface area contributed by atoms with Crippen LogP contribution < -0.4 is 15.4 Å². The van der Waals surface area contributed by atoms with Crippen molar-refractivity contribution in [1.29, 1.82) is 0 Å². The topological polar surface area (TPSA) is 59.1 Å². The van der Waals surface area contributed by atoms with Crippen molar-refractivity contribution in [3.05, 3.63) is 41.7 Å². The Morgan fingerprint density at radius 2 is 1.86 bits per heavy atom. The Hall–Kier alpha value is -2.30. The maximum absolute atomic E-state index is 5.16. The van der Waals surface area contributed by atoms with Gasteiger partial charge in [-0.15, -0.1) is 0 Å². The van der Waals surface area contributed by atoms with Crippen molar-refractivity contribution < 1.29 is 4.74 Å². The lowest BCUT2D eigenvalue weighted by molar-refractivity contribution is 0.414. The van der Waals surface area contributed by atoms with Crippen LogP contribution in [-0.2, 0) is 6.54 Å². The minimum absolute atomic E-state index is 0.542. The van der Waals surface area contributed by atoms with Crippen molar-refractivity contribution in [3.63, 3.8) is 0 Å². The Balaban J connectivity index is 1.69. The van der Waals surface area contributed by atoms with Crippen molar-refractivity contribution in [1.82, 2.24) is 9.97 Å². The van der Waals surface area contributed by atoms with Gasteiger partial charge in [-0.2, -0.15) is 0 Å². The fourth-order valence-electron chi connectivity index (χ4n) is 2.14. The van der Waals surface area contributed by atoms with E-state index < -0.39 is 0 Å². The number of methoxy groups -OCH3 is 1. The molecule has 1 aromatic carbocycles. The third-order valence-corrected chi connectivity index (χ3v) is 3.57. The van der Waals surface area contributed by atoms with E-state index in [4.69, 9.17) is 4.74 Å². The molecular weight excluding hydrogens is 264 g/mol. The van der Waals surface area contributed by atoms with Crippen LogP contribution in [0.15, 0.2) is 30.3 Å². The molecule has 0 unspecified atom stereocenters. The molecule has 0 amide bonds. The average Bonchev–Trinajstić information content (AvgIpc) is 3.38. The molecule has 0 bridgehead atoms. The zero-order valence-corrected chi connectivity index (χ0v) is 12.4. The third kappa shape index (κ3) is 3.42. The van der Waals surface area contributed by atoms with Gasteiger partial charge in [0.15, 0.2) is 0 Å². The molecule has 2 aromatic rings. The number of hydrogen-bond donors (Lipinski definition) is 2. The smallest absolute Gasteiger partial charge is 0.136 e. The maximum Gasteiger partial charge on any atom is 0.136 e. The summed E-state index contributed by atoms with van der Waals surface area (Å²) in [7, 11) is 3.55. The summed E-state index contributed by atoms with van der Waals surface area (Å²) in [5.74, 6) is 4.09. The van der Waals surface area contributed by atoms with E-state index in [-0.39, 0.29) is 0 Å². The summed E-state index contributed by atoms with van der Waals surface area (Å²) in [6.45, 7) is 0.730. The average molecular weight is 284 g/mol. The van der Waals surface area contributed by atoms with Gasteiger partial charge >= 0.3 is 0 Å². The van der Waals surface area contributed by atoms with Crippen molar-refractivity contribution in [2.24, 2.45) is 0 Å². The summed E-state index contributed by atoms with van der Waals surface area (Å²) in [6.07, 6.45) is 2.40. The van der Waals surface area contributed by atoms with E-state index in [0.29, 0.717) is 5.92 Å². The zero-order valence-electron chi connectivity index (χ0n) is 12.4. The highest BCUT2D eigenvalue weighted by Crippen LogP contribution is 2.38. The zero-order chi connectivity index (χ0) is 14.7. The molecule has 110 valence electrons. The van der Waals surface area contributed by atoms with Gasteiger partial charge in [0.05, 0.1) is 7.11 Å². The monoisotopic (exact) mass is 284 g/mol. The highest BCUT2D eigenvalue weighted by molar-refractivity contribution is 5.48. The molecule has 0 saturated heterocycles. The van der Waals surface area contributed by atoms with E-state index in [0.717, 1.165) is 29.8 Å². The van der Waals surface area contributed by atoms with Crippen molar-refractivity contribution in [2.75, 3.05) is 24.8 Å². The molecule has 3 rings (SSSR count). The van der Waals surface area contributed by atoms with E-state index >= 15 is 0 Å². The van der Waals surface area contributed by atoms with Gasteiger partial charge < -0.3 is 15.4 Å². The van der Waals surface area contributed by atoms with Crippen LogP contribution >= 0.6 is 0 Å². The first-order valence-corrected chi connectivity index (χ1v) is 7.22. The number of rotatable bonds is 6. The maximum atomic E-state index is 5.16. The summed E-state index contributed by atoms with van der Waals surface area (Å²) in [5.41, 5.74) is 1.19. The molecule has 1 aromatic heterocycles. The van der Waals surface area contributed by atoms with Gasteiger partial charge in [0.1, 0.15) is 23.2 Å². The Morgan fingerprint density at radius 3 is 2.48 bits per heavy atom. The molecule has 0 aliphatic heterocycles. The van der Waals surface area contributed by atoms with Crippen LogP contribution in [0.1, 0.15) is 30.1 Å². The van der Waals surface area contributed by atoms with Crippen LogP contribution in [0.5, 0.6) is 5.75 Å². The molecule has 21 heavy (non-hydrogen) atoms. The summed E-state index contributed by atoms with van der Waals surface area (Å²) in [6, 6.07) is 9.97. The lowest BCUT2D eigenvalue weighted by Crippen LogP contribution is -2.06. The Bertz CT molecular complexity index is 608. The van der Waals surface area contributed by atoms with Gasteiger partial charge in [-0.25, -0.2) is 9.97 Å². The number of ether oxygens (including phenoxy) is 1. The molecule has 0 spiro atoms. The molecule has 1 aliphatic rings. The first-order valence-electron chi connectivity index (χ1n) is 7.22. The molecule has 1 heterocycles. The number of aromatic nitrogens is 2. The van der Waals surface area contributed by atoms with Gasteiger partial charge in [-0.05, 0) is 30.5 Å². The number of nitrogens with zero attached hydrogens (tertiary/aromatic N) is 2. The number of nitrogens with one attached hydrogen (secondary N) is 2. The van der Waals surface area contributed by atoms with Gasteiger partial charge in [0, 0.05) is 25.6 Å². The molecule has 2 N–H and O–H groups in total. The fraction of sp³-hybridized carbons (Fsp3) is 0.375. The second kappa shape index (κ2) is 5.99. The van der Waals surface area contributed by atoms with Crippen molar-refractivity contribution >= 4 is 11.6 Å². The highest BCUT2D eigenvalue weighted by atomic mass is 16.5. The second-order valence-corrected chi connectivity index (χ2v) is 5.22. The molecular formula is C16H20N4O. The van der Waals surface area contributed by atoms with Crippen LogP contribution in [0.4, 0.5) is 11.6 Å². The van der Waals surface area contributed by atoms with E-state index in [1.54, 1.807) is 7.11 Å². The number of anilines is 2. The highest BCUT2D eigenvalue weighted by Gasteiger charge is 2.27. The molecule has 5 heteroatoms. The van der Waals surface area contributed by atoms with Crippen LogP contribution in [0.2, 0.25) is 0 Å². The summed E-state index contributed by atoms with van der Waals surface area (Å²) < 4.78 is 5.16. The molecule has 0 radical (unpaired) electrons. The van der Waals surface area contributed by atoms with E-state index in [1.807, 2.05) is 37.4 Å². The van der Waals surface area contributed by atoms with Crippen LogP contribution in [-0.4, -0.2) is 24.1 Å². The van der Waals surface area contributed by atoms with Gasteiger partial charge in [-0.3, -0.25) is 0 Å². The van der Waals surface area contributed by atoms with E-state index in [9.17, 15) is 0 Å². The lowest BCUT2D eigenvalue weighted by atomic mass is 10.2. The Morgan fingerprint density at radius 1 is 1.14 bits per heavy atom. The van der Waals surface area contributed by atoms with Gasteiger partial charge in [0.25, 0.3) is 0 Å². The standard InChI is InChI=1S/C16H20N4O/c1-17-14-9-15(20-16(19-14)12-5-6-12)18-10-11-3-7-13(21-2)8-4-11/h3-4,7-9,12H,5-6,10H2,1-2H3,(H2,17,18,19,20). The first kappa shape index (κ1) is 13.7. The summed E-state index contributed by atoms with van der Waals surface area (Å²) >= 11 is 0. The normalized spacial score (nSPS) is 13.8. The Kier molecular flexibility index (Phi) is 3.90. The molecule has 1 saturated carbocycles. The van der Waals surface area contributed by atoms with Crippen LogP contribution in [0.25, 0.3) is 0 Å². The lowest BCUT2D eigenvalue weighted by Gasteiger charge is -2.10. The van der Waals surface area contributed by atoms with Crippen molar-refractivity contribution in [2.45, 2.75) is 25.3 Å². The predicted octanol–water partition coefficient (Wildman–Crippen LogP) is 3.02. The molecule has 5 nitrogen and oxygen atoms in total. The second-order valence-electron chi connectivity index (χ2n) is 5.22. The van der Waals surface area contributed by atoms with E-state index in [2.05, 4.69) is 20.6 Å². The minimum atomic E-state index is 0.542. The SMILES string of the molecule is CNc1cc(NCc2ccc(OC)cc2)nc(C2CC2)n1. The van der Waals surface area contributed by atoms with E-state index in [1.165, 1.54) is 18.4 Å². The quantitative estimate of drug-likeness (QED) is 0.854.